The molecule has 1 aromatic heterocycles. The van der Waals surface area contributed by atoms with E-state index in [2.05, 4.69) is 10.4 Å². The average Bonchev–Trinajstić information content (AvgIpc) is 2.82. The van der Waals surface area contributed by atoms with Crippen LogP contribution in [0.5, 0.6) is 0 Å². The molecular weight excluding hydrogens is 333 g/mol. The van der Waals surface area contributed by atoms with Crippen molar-refractivity contribution in [1.82, 2.24) is 9.78 Å². The predicted molar refractivity (Wildman–Crippen MR) is 83.3 cm³/mol. The van der Waals surface area contributed by atoms with E-state index in [1.165, 1.54) is 6.20 Å². The van der Waals surface area contributed by atoms with E-state index in [9.17, 15) is 18.0 Å². The average molecular weight is 349 g/mol. The maximum absolute atomic E-state index is 12.2. The standard InChI is InChI=1S/C14H15F3N4O.ClH/c15-14(16,17)9-21-8-11(7-19-21)20-13(22)6-5-10-3-1-2-4-12(10)18;/h1-4,7-8H,5-6,9,18H2,(H,20,22);1H. The van der Waals surface area contributed by atoms with Gasteiger partial charge in [-0.15, -0.1) is 12.4 Å². The first-order valence-corrected chi connectivity index (χ1v) is 6.56. The summed E-state index contributed by atoms with van der Waals surface area (Å²) in [4.78, 5) is 11.8. The van der Waals surface area contributed by atoms with Crippen molar-refractivity contribution in [2.75, 3.05) is 11.1 Å². The summed E-state index contributed by atoms with van der Waals surface area (Å²) in [7, 11) is 0. The minimum atomic E-state index is -4.35. The van der Waals surface area contributed by atoms with E-state index in [1.54, 1.807) is 12.1 Å². The van der Waals surface area contributed by atoms with Gasteiger partial charge in [0.05, 0.1) is 11.9 Å². The number of nitrogens with two attached hydrogens (primary N) is 1. The Morgan fingerprint density at radius 3 is 2.65 bits per heavy atom. The number of anilines is 2. The van der Waals surface area contributed by atoms with Crippen molar-refractivity contribution in [3.05, 3.63) is 42.2 Å². The smallest absolute Gasteiger partial charge is 0.399 e. The van der Waals surface area contributed by atoms with Crippen molar-refractivity contribution < 1.29 is 18.0 Å². The lowest BCUT2D eigenvalue weighted by molar-refractivity contribution is -0.142. The first kappa shape index (κ1) is 18.8. The van der Waals surface area contributed by atoms with E-state index in [0.717, 1.165) is 16.4 Å². The van der Waals surface area contributed by atoms with Gasteiger partial charge in [-0.1, -0.05) is 18.2 Å². The van der Waals surface area contributed by atoms with Crippen LogP contribution in [0.4, 0.5) is 24.5 Å². The number of aryl methyl sites for hydroxylation is 1. The zero-order valence-corrected chi connectivity index (χ0v) is 12.8. The van der Waals surface area contributed by atoms with Crippen LogP contribution in [-0.4, -0.2) is 21.9 Å². The molecule has 5 nitrogen and oxygen atoms in total. The lowest BCUT2D eigenvalue weighted by Crippen LogP contribution is -2.18. The van der Waals surface area contributed by atoms with Gasteiger partial charge >= 0.3 is 6.18 Å². The third-order valence-electron chi connectivity index (χ3n) is 2.93. The van der Waals surface area contributed by atoms with Crippen molar-refractivity contribution >= 4 is 29.7 Å². The second-order valence-corrected chi connectivity index (χ2v) is 4.79. The third-order valence-corrected chi connectivity index (χ3v) is 2.93. The molecule has 2 rings (SSSR count). The third kappa shape index (κ3) is 6.19. The van der Waals surface area contributed by atoms with Crippen molar-refractivity contribution in [2.45, 2.75) is 25.6 Å². The second-order valence-electron chi connectivity index (χ2n) is 4.79. The monoisotopic (exact) mass is 348 g/mol. The van der Waals surface area contributed by atoms with E-state index in [-0.39, 0.29) is 30.4 Å². The van der Waals surface area contributed by atoms with Crippen molar-refractivity contribution in [1.29, 1.82) is 0 Å². The number of hydrogen-bond acceptors (Lipinski definition) is 3. The summed E-state index contributed by atoms with van der Waals surface area (Å²) >= 11 is 0. The first-order valence-electron chi connectivity index (χ1n) is 6.56. The molecule has 3 N–H and O–H groups in total. The number of carbonyl (C=O) groups is 1. The van der Waals surface area contributed by atoms with Gasteiger partial charge in [-0.25, -0.2) is 0 Å². The molecule has 0 saturated carbocycles. The lowest BCUT2D eigenvalue weighted by atomic mass is 10.1. The van der Waals surface area contributed by atoms with Crippen LogP contribution in [-0.2, 0) is 17.8 Å². The molecule has 0 spiro atoms. The van der Waals surface area contributed by atoms with Crippen LogP contribution < -0.4 is 11.1 Å². The number of nitrogens with one attached hydrogen (secondary N) is 1. The number of hydrogen-bond donors (Lipinski definition) is 2. The molecule has 0 aliphatic heterocycles. The predicted octanol–water partition coefficient (Wildman–Crippen LogP) is 3.02. The maximum atomic E-state index is 12.2. The van der Waals surface area contributed by atoms with Gasteiger partial charge in [0, 0.05) is 18.3 Å². The molecule has 0 radical (unpaired) electrons. The van der Waals surface area contributed by atoms with Crippen LogP contribution in [0.15, 0.2) is 36.7 Å². The zero-order chi connectivity index (χ0) is 16.2. The molecule has 0 atom stereocenters. The number of alkyl halides is 3. The second kappa shape index (κ2) is 7.87. The fraction of sp³-hybridized carbons (Fsp3) is 0.286. The van der Waals surface area contributed by atoms with Gasteiger partial charge < -0.3 is 11.1 Å². The Balaban J connectivity index is 0.00000264. The van der Waals surface area contributed by atoms with E-state index in [4.69, 9.17) is 5.73 Å². The summed E-state index contributed by atoms with van der Waals surface area (Å²) in [5.74, 6) is -0.310. The zero-order valence-electron chi connectivity index (χ0n) is 12.0. The quantitative estimate of drug-likeness (QED) is 0.816. The molecule has 0 unspecified atom stereocenters. The summed E-state index contributed by atoms with van der Waals surface area (Å²) < 4.78 is 37.3. The Morgan fingerprint density at radius 1 is 1.30 bits per heavy atom. The van der Waals surface area contributed by atoms with Gasteiger partial charge in [-0.2, -0.15) is 18.3 Å². The fourth-order valence-electron chi connectivity index (χ4n) is 1.93. The Hall–Kier alpha value is -2.22. The molecule has 0 aliphatic rings. The number of halogens is 4. The van der Waals surface area contributed by atoms with Crippen molar-refractivity contribution in [3.8, 4) is 0 Å². The molecule has 2 aromatic rings. The molecular formula is C14H16ClF3N4O. The highest BCUT2D eigenvalue weighted by atomic mass is 35.5. The van der Waals surface area contributed by atoms with Crippen LogP contribution in [0.25, 0.3) is 0 Å². The molecule has 1 aromatic carbocycles. The number of benzene rings is 1. The Kier molecular flexibility index (Phi) is 6.44. The van der Waals surface area contributed by atoms with Gasteiger partial charge in [0.15, 0.2) is 0 Å². The van der Waals surface area contributed by atoms with Crippen LogP contribution in [0.2, 0.25) is 0 Å². The number of para-hydroxylation sites is 1. The topological polar surface area (TPSA) is 72.9 Å². The molecule has 126 valence electrons. The first-order chi connectivity index (χ1) is 10.3. The van der Waals surface area contributed by atoms with Gasteiger partial charge in [-0.3, -0.25) is 9.48 Å². The molecule has 0 bridgehead atoms. The van der Waals surface area contributed by atoms with E-state index < -0.39 is 12.7 Å². The number of carbonyl (C=O) groups excluding carboxylic acids is 1. The van der Waals surface area contributed by atoms with Gasteiger partial charge in [0.2, 0.25) is 5.91 Å². The molecule has 0 aliphatic carbocycles. The highest BCUT2D eigenvalue weighted by Gasteiger charge is 2.28. The lowest BCUT2D eigenvalue weighted by Gasteiger charge is -2.06. The molecule has 1 heterocycles. The number of aromatic nitrogens is 2. The van der Waals surface area contributed by atoms with Gasteiger partial charge in [-0.05, 0) is 18.1 Å². The van der Waals surface area contributed by atoms with Gasteiger partial charge in [0.25, 0.3) is 0 Å². The van der Waals surface area contributed by atoms with Crippen molar-refractivity contribution in [2.24, 2.45) is 0 Å². The minimum Gasteiger partial charge on any atom is -0.399 e. The van der Waals surface area contributed by atoms with E-state index in [1.807, 2.05) is 12.1 Å². The molecule has 0 saturated heterocycles. The number of rotatable bonds is 5. The molecule has 23 heavy (non-hydrogen) atoms. The highest BCUT2D eigenvalue weighted by Crippen LogP contribution is 2.18. The summed E-state index contributed by atoms with van der Waals surface area (Å²) in [6.45, 7) is -1.19. The summed E-state index contributed by atoms with van der Waals surface area (Å²) in [6.07, 6.45) is -1.39. The SMILES string of the molecule is Cl.Nc1ccccc1CCC(=O)Nc1cnn(CC(F)(F)F)c1. The fourth-order valence-corrected chi connectivity index (χ4v) is 1.93. The number of nitrogen functional groups attached to an aromatic ring is 1. The van der Waals surface area contributed by atoms with Crippen LogP contribution in [0, 0.1) is 0 Å². The normalized spacial score (nSPS) is 10.9. The summed E-state index contributed by atoms with van der Waals surface area (Å²) in [5, 5.41) is 6.06. The van der Waals surface area contributed by atoms with Crippen LogP contribution in [0.3, 0.4) is 0 Å². The Labute approximate surface area is 137 Å². The van der Waals surface area contributed by atoms with Gasteiger partial charge in [0.1, 0.15) is 6.54 Å². The van der Waals surface area contributed by atoms with Crippen LogP contribution >= 0.6 is 12.4 Å². The Morgan fingerprint density at radius 2 is 2.00 bits per heavy atom. The largest absolute Gasteiger partial charge is 0.408 e. The van der Waals surface area contributed by atoms with E-state index >= 15 is 0 Å². The maximum Gasteiger partial charge on any atom is 0.408 e. The van der Waals surface area contributed by atoms with Crippen LogP contribution in [0.1, 0.15) is 12.0 Å². The number of nitrogens with zero attached hydrogens (tertiary/aromatic N) is 2. The highest BCUT2D eigenvalue weighted by molar-refractivity contribution is 5.90. The minimum absolute atomic E-state index is 0. The molecule has 1 amide bonds. The molecule has 0 fully saturated rings. The summed E-state index contributed by atoms with van der Waals surface area (Å²) in [5.41, 5.74) is 7.46. The summed E-state index contributed by atoms with van der Waals surface area (Å²) in [6, 6.07) is 7.19. The molecule has 9 heteroatoms. The number of amides is 1. The van der Waals surface area contributed by atoms with Crippen molar-refractivity contribution in [3.63, 3.8) is 0 Å². The Bertz CT molecular complexity index is 657. The van der Waals surface area contributed by atoms with E-state index in [0.29, 0.717) is 12.1 Å².